The van der Waals surface area contributed by atoms with Crippen LogP contribution >= 0.6 is 0 Å². The average molecular weight is 723 g/mol. The smallest absolute Gasteiger partial charge is 0.261 e. The molecular formula is C38H44F2N4O6S. The van der Waals surface area contributed by atoms with E-state index in [0.29, 0.717) is 38.2 Å². The summed E-state index contributed by atoms with van der Waals surface area (Å²) < 4.78 is 62.5. The van der Waals surface area contributed by atoms with Gasteiger partial charge in [-0.25, -0.2) is 17.2 Å². The van der Waals surface area contributed by atoms with E-state index >= 15 is 0 Å². The number of aliphatic hydroxyl groups excluding tert-OH is 1. The number of carbonyl (C=O) groups excluding carboxylic acids is 2. The second-order valence-electron chi connectivity index (χ2n) is 12.1. The third kappa shape index (κ3) is 11.3. The molecule has 0 unspecified atom stereocenters. The maximum Gasteiger partial charge on any atom is 0.261 e. The second kappa shape index (κ2) is 18.4. The Balaban J connectivity index is 1.65. The molecule has 0 bridgehead atoms. The molecule has 0 fully saturated rings. The van der Waals surface area contributed by atoms with Crippen LogP contribution in [0, 0.1) is 11.6 Å². The predicted octanol–water partition coefficient (Wildman–Crippen LogP) is 5.53. The lowest BCUT2D eigenvalue weighted by Crippen LogP contribution is -2.48. The number of amides is 2. The number of methoxy groups -OCH3 is 1. The summed E-state index contributed by atoms with van der Waals surface area (Å²) in [6.45, 7) is 5.11. The van der Waals surface area contributed by atoms with Gasteiger partial charge in [0.25, 0.3) is 21.8 Å². The van der Waals surface area contributed by atoms with Crippen LogP contribution in [0.15, 0.2) is 95.9 Å². The van der Waals surface area contributed by atoms with E-state index in [9.17, 15) is 31.9 Å². The summed E-state index contributed by atoms with van der Waals surface area (Å²) in [5.74, 6) is -2.10. The van der Waals surface area contributed by atoms with Crippen LogP contribution in [0.1, 0.15) is 58.5 Å². The first-order valence-corrected chi connectivity index (χ1v) is 18.2. The van der Waals surface area contributed by atoms with Gasteiger partial charge >= 0.3 is 0 Å². The lowest BCUT2D eigenvalue weighted by atomic mass is 9.99. The van der Waals surface area contributed by atoms with Crippen LogP contribution in [0.4, 0.5) is 14.5 Å². The fourth-order valence-corrected chi connectivity index (χ4v) is 6.66. The molecule has 2 amide bonds. The van der Waals surface area contributed by atoms with Crippen molar-refractivity contribution in [2.75, 3.05) is 31.5 Å². The molecule has 10 nitrogen and oxygen atoms in total. The molecule has 2 atom stereocenters. The van der Waals surface area contributed by atoms with Gasteiger partial charge in [0.05, 0.1) is 29.8 Å². The van der Waals surface area contributed by atoms with E-state index in [2.05, 4.69) is 15.4 Å². The largest absolute Gasteiger partial charge is 0.497 e. The van der Waals surface area contributed by atoms with E-state index in [4.69, 9.17) is 4.74 Å². The lowest BCUT2D eigenvalue weighted by molar-refractivity contribution is 0.0755. The maximum absolute atomic E-state index is 14.2. The monoisotopic (exact) mass is 722 g/mol. The Bertz CT molecular complexity index is 1870. The standard InChI is InChI=1S/C38H44F2N4O6S/c1-4-14-44(15-5-2)38(47)29-20-28(21-32(22-29)43-51(48,49)34-12-7-6-8-13-34)37(46)42-35(19-27-16-30(39)23-31(40)17-27)36(45)25-41-24-26-10-9-11-33(18-26)50-3/h6-13,16-18,20-23,35-36,41,43,45H,4-5,14-15,19,24-25H2,1-3H3,(H,42,46)/t35-,36+/m0/s1. The number of ether oxygens (including phenoxy) is 1. The van der Waals surface area contributed by atoms with Crippen LogP contribution < -0.4 is 20.1 Å². The van der Waals surface area contributed by atoms with Crippen LogP contribution in [0.5, 0.6) is 5.75 Å². The van der Waals surface area contributed by atoms with Crippen molar-refractivity contribution in [1.29, 1.82) is 0 Å². The van der Waals surface area contributed by atoms with Crippen molar-refractivity contribution in [2.45, 2.75) is 56.7 Å². The number of hydrogen-bond donors (Lipinski definition) is 4. The summed E-state index contributed by atoms with van der Waals surface area (Å²) in [4.78, 5) is 29.2. The molecule has 0 heterocycles. The van der Waals surface area contributed by atoms with E-state index in [1.165, 1.54) is 30.3 Å². The first kappa shape index (κ1) is 38.9. The minimum atomic E-state index is -4.10. The molecule has 0 aliphatic rings. The van der Waals surface area contributed by atoms with E-state index < -0.39 is 39.7 Å². The SMILES string of the molecule is CCCN(CCC)C(=O)c1cc(NS(=O)(=O)c2ccccc2)cc(C(=O)N[C@@H](Cc2cc(F)cc(F)c2)[C@H](O)CNCc2cccc(OC)c2)c1. The topological polar surface area (TPSA) is 137 Å². The molecule has 13 heteroatoms. The molecule has 0 spiro atoms. The molecule has 0 aliphatic carbocycles. The molecule has 4 rings (SSSR count). The molecule has 51 heavy (non-hydrogen) atoms. The van der Waals surface area contributed by atoms with Crippen molar-refractivity contribution in [3.05, 3.63) is 125 Å². The lowest BCUT2D eigenvalue weighted by Gasteiger charge is -2.26. The van der Waals surface area contributed by atoms with Crippen molar-refractivity contribution >= 4 is 27.5 Å². The van der Waals surface area contributed by atoms with Gasteiger partial charge in [-0.05, 0) is 85.0 Å². The first-order chi connectivity index (χ1) is 24.4. The number of anilines is 1. The van der Waals surface area contributed by atoms with Gasteiger partial charge in [0.1, 0.15) is 17.4 Å². The fraction of sp³-hybridized carbons (Fsp3) is 0.316. The number of hydrogen-bond acceptors (Lipinski definition) is 7. The van der Waals surface area contributed by atoms with Crippen LogP contribution in [0.3, 0.4) is 0 Å². The number of nitrogens with one attached hydrogen (secondary N) is 3. The van der Waals surface area contributed by atoms with Gasteiger partial charge in [0, 0.05) is 43.4 Å². The summed E-state index contributed by atoms with van der Waals surface area (Å²) in [6, 6.07) is 20.9. The number of carbonyl (C=O) groups is 2. The number of sulfonamides is 1. The highest BCUT2D eigenvalue weighted by molar-refractivity contribution is 7.92. The van der Waals surface area contributed by atoms with Crippen molar-refractivity contribution in [1.82, 2.24) is 15.5 Å². The van der Waals surface area contributed by atoms with Gasteiger partial charge in [-0.1, -0.05) is 44.2 Å². The fourth-order valence-electron chi connectivity index (χ4n) is 5.60. The first-order valence-electron chi connectivity index (χ1n) is 16.7. The molecule has 4 N–H and O–H groups in total. The van der Waals surface area contributed by atoms with Gasteiger partial charge in [-0.15, -0.1) is 0 Å². The summed E-state index contributed by atoms with van der Waals surface area (Å²) in [7, 11) is -2.54. The third-order valence-corrected chi connectivity index (χ3v) is 9.39. The van der Waals surface area contributed by atoms with Gasteiger partial charge in [-0.2, -0.15) is 0 Å². The van der Waals surface area contributed by atoms with E-state index in [1.807, 2.05) is 32.0 Å². The van der Waals surface area contributed by atoms with Gasteiger partial charge in [0.15, 0.2) is 0 Å². The Hall–Kier alpha value is -4.85. The number of benzene rings is 4. The Morgan fingerprint density at radius 3 is 2.16 bits per heavy atom. The molecule has 0 saturated carbocycles. The van der Waals surface area contributed by atoms with Crippen molar-refractivity contribution in [3.63, 3.8) is 0 Å². The molecular weight excluding hydrogens is 679 g/mol. The normalized spacial score (nSPS) is 12.5. The summed E-state index contributed by atoms with van der Waals surface area (Å²) >= 11 is 0. The summed E-state index contributed by atoms with van der Waals surface area (Å²) in [6.07, 6.45) is -0.0110. The highest BCUT2D eigenvalue weighted by Gasteiger charge is 2.25. The third-order valence-electron chi connectivity index (χ3n) is 8.00. The minimum absolute atomic E-state index is 0.0103. The number of halogens is 2. The number of nitrogens with zero attached hydrogens (tertiary/aromatic N) is 1. The summed E-state index contributed by atoms with van der Waals surface area (Å²) in [5.41, 5.74) is 1.07. The molecule has 4 aromatic carbocycles. The molecule has 0 saturated heterocycles. The highest BCUT2D eigenvalue weighted by Crippen LogP contribution is 2.22. The molecule has 0 aromatic heterocycles. The van der Waals surface area contributed by atoms with Crippen molar-refractivity contribution in [2.24, 2.45) is 0 Å². The minimum Gasteiger partial charge on any atom is -0.497 e. The highest BCUT2D eigenvalue weighted by atomic mass is 32.2. The van der Waals surface area contributed by atoms with E-state index in [0.717, 1.165) is 23.8 Å². The van der Waals surface area contributed by atoms with E-state index in [-0.39, 0.29) is 46.1 Å². The van der Waals surface area contributed by atoms with Gasteiger partial charge in [0.2, 0.25) is 0 Å². The maximum atomic E-state index is 14.2. The zero-order valence-electron chi connectivity index (χ0n) is 28.9. The Kier molecular flexibility index (Phi) is 14.1. The van der Waals surface area contributed by atoms with Crippen LogP contribution in [0.2, 0.25) is 0 Å². The second-order valence-corrected chi connectivity index (χ2v) is 13.8. The molecule has 272 valence electrons. The zero-order valence-corrected chi connectivity index (χ0v) is 29.7. The van der Waals surface area contributed by atoms with Gasteiger partial charge < -0.3 is 25.4 Å². The summed E-state index contributed by atoms with van der Waals surface area (Å²) in [5, 5.41) is 17.2. The number of rotatable bonds is 18. The van der Waals surface area contributed by atoms with Crippen LogP contribution in [0.25, 0.3) is 0 Å². The Labute approximate surface area is 297 Å². The average Bonchev–Trinajstić information content (AvgIpc) is 3.10. The van der Waals surface area contributed by atoms with Crippen molar-refractivity contribution in [3.8, 4) is 5.75 Å². The van der Waals surface area contributed by atoms with Crippen molar-refractivity contribution < 1.29 is 36.6 Å². The predicted molar refractivity (Wildman–Crippen MR) is 192 cm³/mol. The van der Waals surface area contributed by atoms with Gasteiger partial charge in [-0.3, -0.25) is 14.3 Å². The van der Waals surface area contributed by atoms with Crippen LogP contribution in [-0.2, 0) is 23.0 Å². The Morgan fingerprint density at radius 1 is 0.843 bits per heavy atom. The molecule has 0 radical (unpaired) electrons. The zero-order chi connectivity index (χ0) is 37.0. The molecule has 0 aliphatic heterocycles. The quantitative estimate of drug-likeness (QED) is 0.106. The van der Waals surface area contributed by atoms with E-state index in [1.54, 1.807) is 36.3 Å². The van der Waals surface area contributed by atoms with Crippen LogP contribution in [-0.4, -0.2) is 69.1 Å². The Morgan fingerprint density at radius 2 is 1.51 bits per heavy atom. The number of aliphatic hydroxyl groups is 1. The molecule has 4 aromatic rings.